The molecule has 5 rings (SSSR count). The third-order valence-electron chi connectivity index (χ3n) is 7.35. The van der Waals surface area contributed by atoms with Gasteiger partial charge in [0, 0.05) is 34.0 Å². The molecule has 0 radical (unpaired) electrons. The molecule has 0 aliphatic heterocycles. The molecular formula is C33H29NO5. The largest absolute Gasteiger partial charge is 0.481 e. The van der Waals surface area contributed by atoms with E-state index in [1.807, 2.05) is 84.9 Å². The number of benzene rings is 4. The van der Waals surface area contributed by atoms with Gasteiger partial charge < -0.3 is 15.1 Å². The highest BCUT2D eigenvalue weighted by atomic mass is 16.4. The lowest BCUT2D eigenvalue weighted by molar-refractivity contribution is -0.140. The van der Waals surface area contributed by atoms with Gasteiger partial charge in [-0.1, -0.05) is 68.4 Å². The monoisotopic (exact) mass is 519 g/mol. The van der Waals surface area contributed by atoms with Crippen LogP contribution in [0.15, 0.2) is 97.1 Å². The van der Waals surface area contributed by atoms with Gasteiger partial charge in [-0.2, -0.15) is 0 Å². The zero-order valence-electron chi connectivity index (χ0n) is 21.8. The number of carbonyl (C=O) groups is 3. The molecule has 0 fully saturated rings. The van der Waals surface area contributed by atoms with Crippen molar-refractivity contribution in [3.05, 3.63) is 114 Å². The number of Topliss-reactive ketones (excluding diaryl/α,β-unsaturated/α-hetero) is 1. The van der Waals surface area contributed by atoms with Gasteiger partial charge >= 0.3 is 11.9 Å². The fourth-order valence-corrected chi connectivity index (χ4v) is 5.67. The first-order valence-corrected chi connectivity index (χ1v) is 12.9. The van der Waals surface area contributed by atoms with Crippen LogP contribution in [0.3, 0.4) is 0 Å². The molecular weight excluding hydrogens is 490 g/mol. The smallest absolute Gasteiger partial charge is 0.304 e. The predicted molar refractivity (Wildman–Crippen MR) is 151 cm³/mol. The Morgan fingerprint density at radius 2 is 1.15 bits per heavy atom. The van der Waals surface area contributed by atoms with Crippen molar-refractivity contribution in [2.45, 2.75) is 32.1 Å². The number of para-hydroxylation sites is 2. The molecule has 1 aliphatic carbocycles. The number of aliphatic carboxylic acids is 2. The van der Waals surface area contributed by atoms with Gasteiger partial charge in [-0.3, -0.25) is 14.4 Å². The molecule has 0 unspecified atom stereocenters. The normalized spacial score (nSPS) is 13.0. The molecule has 4 aromatic carbocycles. The zero-order chi connectivity index (χ0) is 27.7. The van der Waals surface area contributed by atoms with E-state index >= 15 is 0 Å². The van der Waals surface area contributed by atoms with Crippen LogP contribution in [-0.4, -0.2) is 27.9 Å². The lowest BCUT2D eigenvalue weighted by atomic mass is 9.72. The summed E-state index contributed by atoms with van der Waals surface area (Å²) in [4.78, 5) is 39.5. The topological polar surface area (TPSA) is 94.9 Å². The number of hydrogen-bond donors (Lipinski definition) is 2. The number of carbonyl (C=O) groups excluding carboxylic acids is 1. The predicted octanol–water partition coefficient (Wildman–Crippen LogP) is 7.21. The van der Waals surface area contributed by atoms with Crippen LogP contribution in [0.5, 0.6) is 0 Å². The summed E-state index contributed by atoms with van der Waals surface area (Å²) >= 11 is 0. The first-order chi connectivity index (χ1) is 18.7. The number of hydrogen-bond acceptors (Lipinski definition) is 4. The van der Waals surface area contributed by atoms with E-state index in [9.17, 15) is 24.6 Å². The van der Waals surface area contributed by atoms with Crippen LogP contribution < -0.4 is 4.90 Å². The number of carboxylic acid groups (broad SMARTS) is 2. The zero-order valence-corrected chi connectivity index (χ0v) is 21.8. The summed E-state index contributed by atoms with van der Waals surface area (Å²) < 4.78 is 0. The second-order valence-electron chi connectivity index (χ2n) is 10.2. The lowest BCUT2D eigenvalue weighted by Crippen LogP contribution is -2.32. The highest BCUT2D eigenvalue weighted by Crippen LogP contribution is 2.54. The Labute approximate surface area is 227 Å². The fourth-order valence-electron chi connectivity index (χ4n) is 5.67. The first kappa shape index (κ1) is 25.9. The molecule has 0 atom stereocenters. The number of rotatable bonds is 9. The van der Waals surface area contributed by atoms with Gasteiger partial charge in [-0.15, -0.1) is 0 Å². The van der Waals surface area contributed by atoms with E-state index in [-0.39, 0.29) is 11.7 Å². The third-order valence-corrected chi connectivity index (χ3v) is 7.35. The van der Waals surface area contributed by atoms with Gasteiger partial charge in [0.1, 0.15) is 0 Å². The summed E-state index contributed by atoms with van der Waals surface area (Å²) in [5.41, 5.74) is 4.43. The molecule has 1 aliphatic rings. The van der Waals surface area contributed by atoms with Gasteiger partial charge in [-0.05, 0) is 64.7 Å². The minimum Gasteiger partial charge on any atom is -0.481 e. The summed E-state index contributed by atoms with van der Waals surface area (Å²) in [6.45, 7) is 3.61. The molecule has 0 heterocycles. The van der Waals surface area contributed by atoms with E-state index in [4.69, 9.17) is 0 Å². The van der Waals surface area contributed by atoms with Gasteiger partial charge in [0.25, 0.3) is 0 Å². The third kappa shape index (κ3) is 4.70. The molecule has 0 amide bonds. The number of fused-ring (bicyclic) bond motifs is 3. The summed E-state index contributed by atoms with van der Waals surface area (Å²) in [7, 11) is 0. The van der Waals surface area contributed by atoms with Gasteiger partial charge in [0.15, 0.2) is 5.78 Å². The average molecular weight is 520 g/mol. The number of carboxylic acids is 2. The fraction of sp³-hybridized carbons (Fsp3) is 0.182. The Bertz CT molecular complexity index is 1500. The van der Waals surface area contributed by atoms with Crippen molar-refractivity contribution in [2.24, 2.45) is 5.92 Å². The molecule has 0 bridgehead atoms. The summed E-state index contributed by atoms with van der Waals surface area (Å²) in [6.07, 6.45) is -0.836. The maximum absolute atomic E-state index is 12.9. The SMILES string of the molecule is CC(C)C(=O)c1ccc2c(c1)C(CC(=O)O)(CC(=O)O)c1cc(N(c3ccccc3)c3ccccc3)ccc1-2. The quantitative estimate of drug-likeness (QED) is 0.227. The van der Waals surface area contributed by atoms with Crippen molar-refractivity contribution in [2.75, 3.05) is 4.90 Å². The van der Waals surface area contributed by atoms with Gasteiger partial charge in [0.2, 0.25) is 0 Å². The van der Waals surface area contributed by atoms with Gasteiger partial charge in [0.05, 0.1) is 12.8 Å². The Morgan fingerprint density at radius 3 is 1.64 bits per heavy atom. The molecule has 0 saturated heterocycles. The second-order valence-corrected chi connectivity index (χ2v) is 10.2. The number of ketones is 1. The molecule has 4 aromatic rings. The van der Waals surface area contributed by atoms with E-state index in [2.05, 4.69) is 4.90 Å². The van der Waals surface area contributed by atoms with Crippen LogP contribution in [0.1, 0.15) is 48.2 Å². The minimum atomic E-state index is -1.34. The van der Waals surface area contributed by atoms with Crippen molar-refractivity contribution in [1.82, 2.24) is 0 Å². The van der Waals surface area contributed by atoms with Crippen molar-refractivity contribution in [3.8, 4) is 11.1 Å². The van der Waals surface area contributed by atoms with E-state index in [0.717, 1.165) is 28.2 Å². The second kappa shape index (κ2) is 10.2. The minimum absolute atomic E-state index is 0.0756. The Morgan fingerprint density at radius 1 is 0.667 bits per heavy atom. The van der Waals surface area contributed by atoms with E-state index in [1.54, 1.807) is 26.0 Å². The summed E-state index contributed by atoms with van der Waals surface area (Å²) in [5.74, 6) is -2.54. The maximum Gasteiger partial charge on any atom is 0.304 e. The van der Waals surface area contributed by atoms with Crippen molar-refractivity contribution in [1.29, 1.82) is 0 Å². The number of nitrogens with zero attached hydrogens (tertiary/aromatic N) is 1. The average Bonchev–Trinajstić information content (AvgIpc) is 3.17. The number of anilines is 3. The molecule has 0 aromatic heterocycles. The molecule has 39 heavy (non-hydrogen) atoms. The molecule has 6 nitrogen and oxygen atoms in total. The van der Waals surface area contributed by atoms with Crippen LogP contribution in [0.4, 0.5) is 17.1 Å². The van der Waals surface area contributed by atoms with Crippen molar-refractivity contribution >= 4 is 34.8 Å². The molecule has 196 valence electrons. The molecule has 6 heteroatoms. The summed E-state index contributed by atoms with van der Waals surface area (Å²) in [5, 5.41) is 20.1. The van der Waals surface area contributed by atoms with E-state index < -0.39 is 30.2 Å². The van der Waals surface area contributed by atoms with Gasteiger partial charge in [-0.25, -0.2) is 0 Å². The maximum atomic E-state index is 12.9. The first-order valence-electron chi connectivity index (χ1n) is 12.9. The van der Waals surface area contributed by atoms with Crippen molar-refractivity contribution in [3.63, 3.8) is 0 Å². The van der Waals surface area contributed by atoms with E-state index in [0.29, 0.717) is 16.7 Å². The molecule has 0 saturated carbocycles. The highest BCUT2D eigenvalue weighted by Gasteiger charge is 2.47. The van der Waals surface area contributed by atoms with Crippen LogP contribution in [0, 0.1) is 5.92 Å². The standard InChI is InChI=1S/C33H29NO5/c1-21(2)32(39)22-13-15-26-27-16-14-25(34(23-9-5-3-6-10-23)24-11-7-4-8-12-24)18-29(27)33(19-30(35)36,20-31(37)38)28(26)17-22/h3-18,21H,19-20H2,1-2H3,(H,35,36)(H,37,38). The van der Waals surface area contributed by atoms with E-state index in [1.165, 1.54) is 0 Å². The Hall–Kier alpha value is -4.71. The molecule has 0 spiro atoms. The highest BCUT2D eigenvalue weighted by molar-refractivity contribution is 5.99. The van der Waals surface area contributed by atoms with Crippen LogP contribution in [0.25, 0.3) is 11.1 Å². The van der Waals surface area contributed by atoms with Crippen LogP contribution in [0.2, 0.25) is 0 Å². The Balaban J connectivity index is 1.76. The summed E-state index contributed by atoms with van der Waals surface area (Å²) in [6, 6.07) is 30.7. The molecule has 2 N–H and O–H groups in total. The van der Waals surface area contributed by atoms with Crippen LogP contribution in [-0.2, 0) is 15.0 Å². The van der Waals surface area contributed by atoms with Crippen LogP contribution >= 0.6 is 0 Å². The Kier molecular flexibility index (Phi) is 6.79. The lowest BCUT2D eigenvalue weighted by Gasteiger charge is -2.31. The van der Waals surface area contributed by atoms with Crippen molar-refractivity contribution < 1.29 is 24.6 Å².